The van der Waals surface area contributed by atoms with Crippen LogP contribution in [0, 0.1) is 11.8 Å². The molecule has 0 saturated carbocycles. The maximum Gasteiger partial charge on any atom is 0.267 e. The summed E-state index contributed by atoms with van der Waals surface area (Å²) in [6, 6.07) is 4.73. The zero-order valence-corrected chi connectivity index (χ0v) is 16.4. The molecule has 0 bridgehead atoms. The molecule has 4 N–H and O–H groups in total. The van der Waals surface area contributed by atoms with Crippen LogP contribution < -0.4 is 10.8 Å². The van der Waals surface area contributed by atoms with Gasteiger partial charge in [-0.1, -0.05) is 11.8 Å². The molecule has 10 heteroatoms. The molecule has 0 spiro atoms. The predicted molar refractivity (Wildman–Crippen MR) is 101 cm³/mol. The van der Waals surface area contributed by atoms with Crippen molar-refractivity contribution in [2.45, 2.75) is 17.2 Å². The van der Waals surface area contributed by atoms with Crippen LogP contribution in [0.25, 0.3) is 0 Å². The van der Waals surface area contributed by atoms with Gasteiger partial charge in [0.1, 0.15) is 10.8 Å². The van der Waals surface area contributed by atoms with E-state index in [1.165, 1.54) is 17.6 Å². The molecule has 1 aliphatic rings. The van der Waals surface area contributed by atoms with Gasteiger partial charge in [-0.2, -0.15) is 0 Å². The van der Waals surface area contributed by atoms with Gasteiger partial charge in [-0.15, -0.1) is 0 Å². The van der Waals surface area contributed by atoms with Crippen molar-refractivity contribution >= 4 is 21.7 Å². The molecule has 28 heavy (non-hydrogen) atoms. The summed E-state index contributed by atoms with van der Waals surface area (Å²) < 4.78 is 23.2. The van der Waals surface area contributed by atoms with Crippen molar-refractivity contribution in [3.8, 4) is 11.8 Å². The number of hydrogen-bond donors (Lipinski definition) is 4. The summed E-state index contributed by atoms with van der Waals surface area (Å²) in [6.45, 7) is 0.0479. The second-order valence-corrected chi connectivity index (χ2v) is 9.10. The van der Waals surface area contributed by atoms with Gasteiger partial charge >= 0.3 is 0 Å². The van der Waals surface area contributed by atoms with E-state index in [2.05, 4.69) is 17.2 Å². The average molecular weight is 409 g/mol. The van der Waals surface area contributed by atoms with Gasteiger partial charge in [0.25, 0.3) is 11.8 Å². The Morgan fingerprint density at radius 3 is 2.36 bits per heavy atom. The van der Waals surface area contributed by atoms with Crippen LogP contribution in [0.4, 0.5) is 0 Å². The normalized spacial score (nSPS) is 16.9. The molecule has 1 fully saturated rings. The Hall–Kier alpha value is -2.45. The summed E-state index contributed by atoms with van der Waals surface area (Å²) in [5.41, 5.74) is 2.29. The molecule has 1 saturated heterocycles. The molecule has 9 nitrogen and oxygen atoms in total. The number of hydroxylamine groups is 1. The summed E-state index contributed by atoms with van der Waals surface area (Å²) in [6.07, 6.45) is 1.34. The quantitative estimate of drug-likeness (QED) is 0.262. The molecule has 1 aliphatic heterocycles. The number of likely N-dealkylation sites (tertiary alicyclic amines) is 1. The molecule has 0 aliphatic carbocycles. The highest BCUT2D eigenvalue weighted by atomic mass is 32.2. The van der Waals surface area contributed by atoms with Gasteiger partial charge in [-0.25, -0.2) is 13.9 Å². The Balaban J connectivity index is 2.25. The maximum absolute atomic E-state index is 12.6. The lowest BCUT2D eigenvalue weighted by Crippen LogP contribution is -2.76. The molecule has 2 rings (SSSR count). The van der Waals surface area contributed by atoms with E-state index in [1.807, 2.05) is 0 Å². The van der Waals surface area contributed by atoms with E-state index in [9.17, 15) is 18.0 Å². The first-order valence-electron chi connectivity index (χ1n) is 8.47. The smallest absolute Gasteiger partial charge is 0.267 e. The van der Waals surface area contributed by atoms with Crippen molar-refractivity contribution < 1.29 is 28.3 Å². The summed E-state index contributed by atoms with van der Waals surface area (Å²) >= 11 is 0. The Labute approximate surface area is 163 Å². The van der Waals surface area contributed by atoms with Crippen LogP contribution in [-0.4, -0.2) is 79.2 Å². The van der Waals surface area contributed by atoms with Crippen molar-refractivity contribution in [3.05, 3.63) is 35.4 Å². The predicted octanol–water partition coefficient (Wildman–Crippen LogP) is -1.25. The lowest BCUT2D eigenvalue weighted by atomic mass is 9.89. The Kier molecular flexibility index (Phi) is 6.79. The van der Waals surface area contributed by atoms with Gasteiger partial charge in [0.2, 0.25) is 0 Å². The second kappa shape index (κ2) is 8.70. The number of nitrogens with zero attached hydrogens (tertiary/aromatic N) is 1. The van der Waals surface area contributed by atoms with Gasteiger partial charge < -0.3 is 15.3 Å². The van der Waals surface area contributed by atoms with E-state index in [4.69, 9.17) is 10.3 Å². The number of amides is 2. The van der Waals surface area contributed by atoms with Crippen LogP contribution in [0.1, 0.15) is 22.3 Å². The van der Waals surface area contributed by atoms with E-state index >= 15 is 0 Å². The molecule has 152 valence electrons. The summed E-state index contributed by atoms with van der Waals surface area (Å²) in [5, 5.41) is 20.2. The number of carbonyl (C=O) groups excluding carboxylic acids is 2. The maximum atomic E-state index is 12.6. The molecule has 0 radical (unpaired) electrons. The van der Waals surface area contributed by atoms with Crippen LogP contribution in [0.5, 0.6) is 0 Å². The Morgan fingerprint density at radius 1 is 1.29 bits per heavy atom. The monoisotopic (exact) mass is 409 g/mol. The topological polar surface area (TPSA) is 136 Å². The molecule has 0 aromatic heterocycles. The molecule has 1 aromatic rings. The molecule has 1 heterocycles. The van der Waals surface area contributed by atoms with E-state index in [0.717, 1.165) is 6.26 Å². The highest BCUT2D eigenvalue weighted by Gasteiger charge is 2.58. The molecule has 1 unspecified atom stereocenters. The summed E-state index contributed by atoms with van der Waals surface area (Å²) in [7, 11) is -2.04. The SMILES string of the molecule is CN1CC(C(NC(=O)c2ccc(C#CCCO)cc2)C(=O)NO)(S(C)(=O)=O)C1. The fraction of sp³-hybridized carbons (Fsp3) is 0.444. The van der Waals surface area contributed by atoms with E-state index in [1.54, 1.807) is 24.1 Å². The first-order valence-corrected chi connectivity index (χ1v) is 10.4. The summed E-state index contributed by atoms with van der Waals surface area (Å²) in [5.74, 6) is 3.93. The minimum atomic E-state index is -3.73. The largest absolute Gasteiger partial charge is 0.395 e. The number of rotatable bonds is 6. The minimum absolute atomic E-state index is 0.0426. The number of aliphatic hydroxyl groups excluding tert-OH is 1. The van der Waals surface area contributed by atoms with Crippen LogP contribution in [0.3, 0.4) is 0 Å². The van der Waals surface area contributed by atoms with Gasteiger partial charge in [0.15, 0.2) is 9.84 Å². The lowest BCUT2D eigenvalue weighted by molar-refractivity contribution is -0.133. The van der Waals surface area contributed by atoms with Crippen molar-refractivity contribution in [3.63, 3.8) is 0 Å². The fourth-order valence-electron chi connectivity index (χ4n) is 3.14. The molecule has 2 amide bonds. The highest BCUT2D eigenvalue weighted by Crippen LogP contribution is 2.32. The second-order valence-electron chi connectivity index (χ2n) is 6.74. The lowest BCUT2D eigenvalue weighted by Gasteiger charge is -2.50. The third kappa shape index (κ3) is 4.51. The van der Waals surface area contributed by atoms with Crippen LogP contribution in [0.2, 0.25) is 0 Å². The number of aliphatic hydroxyl groups is 1. The number of sulfone groups is 1. The van der Waals surface area contributed by atoms with E-state index in [-0.39, 0.29) is 25.3 Å². The first kappa shape index (κ1) is 21.8. The molecule has 1 aromatic carbocycles. The van der Waals surface area contributed by atoms with Crippen molar-refractivity contribution in [1.29, 1.82) is 0 Å². The van der Waals surface area contributed by atoms with Gasteiger partial charge in [-0.3, -0.25) is 14.8 Å². The highest BCUT2D eigenvalue weighted by molar-refractivity contribution is 7.92. The van der Waals surface area contributed by atoms with Crippen LogP contribution in [-0.2, 0) is 14.6 Å². The Morgan fingerprint density at radius 2 is 1.89 bits per heavy atom. The zero-order valence-electron chi connectivity index (χ0n) is 15.6. The van der Waals surface area contributed by atoms with Gasteiger partial charge in [0, 0.05) is 36.9 Å². The van der Waals surface area contributed by atoms with E-state index in [0.29, 0.717) is 12.0 Å². The number of carbonyl (C=O) groups is 2. The average Bonchev–Trinajstić information content (AvgIpc) is 2.62. The molecule has 1 atom stereocenters. The first-order chi connectivity index (χ1) is 13.1. The standard InChI is InChI=1S/C18H23N3O6S/c1-21-11-18(12-21,28(2,26)27)15(17(24)20-25)19-16(23)14-8-6-13(7-9-14)5-3-4-10-22/h6-9,15,22,25H,4,10-12H2,1-2H3,(H,19,23)(H,20,24). The van der Waals surface area contributed by atoms with Gasteiger partial charge in [-0.05, 0) is 31.3 Å². The van der Waals surface area contributed by atoms with Crippen molar-refractivity contribution in [2.75, 3.05) is 33.0 Å². The number of benzene rings is 1. The number of hydrogen-bond acceptors (Lipinski definition) is 7. The number of nitrogens with one attached hydrogen (secondary N) is 2. The van der Waals surface area contributed by atoms with Crippen LogP contribution >= 0.6 is 0 Å². The fourth-order valence-corrected chi connectivity index (χ4v) is 4.64. The minimum Gasteiger partial charge on any atom is -0.395 e. The van der Waals surface area contributed by atoms with Gasteiger partial charge in [0.05, 0.1) is 6.61 Å². The zero-order chi connectivity index (χ0) is 20.9. The van der Waals surface area contributed by atoms with Crippen LogP contribution in [0.15, 0.2) is 24.3 Å². The summed E-state index contributed by atoms with van der Waals surface area (Å²) in [4.78, 5) is 26.5. The molecular formula is C18H23N3O6S. The third-order valence-electron chi connectivity index (χ3n) is 4.60. The van der Waals surface area contributed by atoms with E-state index < -0.39 is 32.4 Å². The molecular weight excluding hydrogens is 386 g/mol. The van der Waals surface area contributed by atoms with Crippen molar-refractivity contribution in [1.82, 2.24) is 15.7 Å². The third-order valence-corrected chi connectivity index (χ3v) is 6.57. The Bertz CT molecular complexity index is 895. The van der Waals surface area contributed by atoms with Crippen molar-refractivity contribution in [2.24, 2.45) is 0 Å².